The molecule has 2 aliphatic heterocycles. The summed E-state index contributed by atoms with van der Waals surface area (Å²) in [4.78, 5) is 18.4. The first-order valence-electron chi connectivity index (χ1n) is 11.8. The van der Waals surface area contributed by atoms with Crippen LogP contribution in [0, 0.1) is 0 Å². The second-order valence-corrected chi connectivity index (χ2v) is 9.95. The molecular formula is C26H26N4O4S. The number of ketones is 1. The lowest BCUT2D eigenvalue weighted by molar-refractivity contribution is -0.116. The number of methoxy groups -OCH3 is 1. The molecule has 6 rings (SSSR count). The second-order valence-electron chi connectivity index (χ2n) is 8.72. The predicted molar refractivity (Wildman–Crippen MR) is 133 cm³/mol. The predicted octanol–water partition coefficient (Wildman–Crippen LogP) is 4.59. The van der Waals surface area contributed by atoms with Gasteiger partial charge in [-0.2, -0.15) is 4.98 Å². The Kier molecular flexibility index (Phi) is 5.64. The number of fused-ring (bicyclic) bond motifs is 2. The van der Waals surface area contributed by atoms with Crippen LogP contribution in [0.15, 0.2) is 58.9 Å². The third-order valence-electron chi connectivity index (χ3n) is 6.64. The number of carbonyl (C=O) groups is 1. The summed E-state index contributed by atoms with van der Waals surface area (Å²) >= 11 is 1.58. The van der Waals surface area contributed by atoms with Gasteiger partial charge in [0.2, 0.25) is 11.1 Å². The Hall–Kier alpha value is -3.46. The number of nitrogens with one attached hydrogen (secondary N) is 1. The molecule has 1 aromatic heterocycles. The number of carbonyl (C=O) groups excluding carboxylic acids is 1. The van der Waals surface area contributed by atoms with Gasteiger partial charge >= 0.3 is 0 Å². The maximum atomic E-state index is 13.7. The molecule has 3 aromatic rings. The average molecular weight is 491 g/mol. The quantitative estimate of drug-likeness (QED) is 0.520. The third kappa shape index (κ3) is 3.93. The minimum atomic E-state index is -0.375. The number of hydrogen-bond donors (Lipinski definition) is 1. The van der Waals surface area contributed by atoms with Crippen molar-refractivity contribution < 1.29 is 19.0 Å². The van der Waals surface area contributed by atoms with Crippen LogP contribution in [0.25, 0.3) is 0 Å². The Labute approximate surface area is 207 Å². The number of rotatable bonds is 5. The fourth-order valence-electron chi connectivity index (χ4n) is 5.03. The largest absolute Gasteiger partial charge is 0.497 e. The van der Waals surface area contributed by atoms with E-state index >= 15 is 0 Å². The number of nitrogens with zero attached hydrogens (tertiary/aromatic N) is 3. The molecule has 0 fully saturated rings. The van der Waals surface area contributed by atoms with Crippen LogP contribution in [-0.4, -0.2) is 46.6 Å². The molecule has 2 atom stereocenters. The normalized spacial score (nSPS) is 20.7. The van der Waals surface area contributed by atoms with Crippen molar-refractivity contribution >= 4 is 23.5 Å². The van der Waals surface area contributed by atoms with Crippen molar-refractivity contribution in [1.29, 1.82) is 0 Å². The fourth-order valence-corrected chi connectivity index (χ4v) is 5.59. The number of benzene rings is 2. The van der Waals surface area contributed by atoms with Gasteiger partial charge in [-0.3, -0.25) is 4.79 Å². The molecule has 35 heavy (non-hydrogen) atoms. The topological polar surface area (TPSA) is 87.5 Å². The maximum Gasteiger partial charge on any atom is 0.227 e. The van der Waals surface area contributed by atoms with Crippen molar-refractivity contribution in [3.05, 3.63) is 64.9 Å². The molecule has 8 nitrogen and oxygen atoms in total. The maximum absolute atomic E-state index is 13.7. The summed E-state index contributed by atoms with van der Waals surface area (Å²) in [6.45, 7) is 3.11. The van der Waals surface area contributed by atoms with Gasteiger partial charge in [0.25, 0.3) is 0 Å². The molecule has 3 heterocycles. The summed E-state index contributed by atoms with van der Waals surface area (Å²) in [5.41, 5.74) is 3.71. The second kappa shape index (κ2) is 8.96. The van der Waals surface area contributed by atoms with E-state index < -0.39 is 0 Å². The van der Waals surface area contributed by atoms with Crippen LogP contribution < -0.4 is 19.5 Å². The molecule has 0 amide bonds. The molecule has 180 valence electrons. The Morgan fingerprint density at radius 3 is 2.63 bits per heavy atom. The number of aromatic nitrogens is 3. The zero-order chi connectivity index (χ0) is 23.9. The molecule has 0 spiro atoms. The van der Waals surface area contributed by atoms with Gasteiger partial charge in [0.1, 0.15) is 25.0 Å². The van der Waals surface area contributed by atoms with Gasteiger partial charge in [0.05, 0.1) is 7.11 Å². The molecule has 9 heteroatoms. The van der Waals surface area contributed by atoms with Gasteiger partial charge in [-0.25, -0.2) is 4.68 Å². The minimum Gasteiger partial charge on any atom is -0.497 e. The van der Waals surface area contributed by atoms with Crippen molar-refractivity contribution in [3.8, 4) is 17.2 Å². The van der Waals surface area contributed by atoms with E-state index in [0.29, 0.717) is 36.5 Å². The van der Waals surface area contributed by atoms with Crippen molar-refractivity contribution in [3.63, 3.8) is 0 Å². The number of ether oxygens (including phenoxy) is 3. The van der Waals surface area contributed by atoms with E-state index in [0.717, 1.165) is 46.1 Å². The summed E-state index contributed by atoms with van der Waals surface area (Å²) < 4.78 is 18.7. The van der Waals surface area contributed by atoms with E-state index in [9.17, 15) is 4.79 Å². The Morgan fingerprint density at radius 2 is 1.86 bits per heavy atom. The van der Waals surface area contributed by atoms with Crippen molar-refractivity contribution in [2.45, 2.75) is 36.9 Å². The number of thioether (sulfide) groups is 1. The molecule has 1 aliphatic carbocycles. The molecule has 0 saturated heterocycles. The van der Waals surface area contributed by atoms with Crippen LogP contribution in [-0.2, 0) is 4.79 Å². The summed E-state index contributed by atoms with van der Waals surface area (Å²) in [7, 11) is 1.65. The first-order chi connectivity index (χ1) is 17.1. The van der Waals surface area contributed by atoms with Crippen LogP contribution in [0.3, 0.4) is 0 Å². The van der Waals surface area contributed by atoms with E-state index in [1.165, 1.54) is 0 Å². The zero-order valence-electron chi connectivity index (χ0n) is 19.6. The van der Waals surface area contributed by atoms with Gasteiger partial charge in [-0.15, -0.1) is 5.10 Å². The van der Waals surface area contributed by atoms with Gasteiger partial charge in [-0.05, 0) is 53.5 Å². The molecule has 0 radical (unpaired) electrons. The standard InChI is InChI=1S/C26H26N4O4S/c1-3-35-26-28-25-27-19-12-17(15-4-7-18(32-2)8-5-15)13-20(31)23(19)24(30(25)29-26)16-6-9-21-22(14-16)34-11-10-33-21/h4-9,14,17,24H,3,10-13H2,1-2H3,(H,27,28,29). The van der Waals surface area contributed by atoms with Crippen LogP contribution >= 0.6 is 11.8 Å². The summed E-state index contributed by atoms with van der Waals surface area (Å²) in [6, 6.07) is 13.5. The minimum absolute atomic E-state index is 0.0829. The molecular weight excluding hydrogens is 464 g/mol. The Bertz CT molecular complexity index is 1320. The van der Waals surface area contributed by atoms with Crippen LogP contribution in [0.4, 0.5) is 5.95 Å². The van der Waals surface area contributed by atoms with Crippen molar-refractivity contribution in [2.24, 2.45) is 0 Å². The van der Waals surface area contributed by atoms with E-state index in [-0.39, 0.29) is 17.7 Å². The highest BCUT2D eigenvalue weighted by Crippen LogP contribution is 2.46. The molecule has 2 aromatic carbocycles. The van der Waals surface area contributed by atoms with E-state index in [1.54, 1.807) is 18.9 Å². The van der Waals surface area contributed by atoms with Crippen molar-refractivity contribution in [1.82, 2.24) is 14.8 Å². The fraction of sp³-hybridized carbons (Fsp3) is 0.346. The van der Waals surface area contributed by atoms with Crippen LogP contribution in [0.2, 0.25) is 0 Å². The average Bonchev–Trinajstić information content (AvgIpc) is 3.29. The lowest BCUT2D eigenvalue weighted by Crippen LogP contribution is -2.33. The lowest BCUT2D eigenvalue weighted by Gasteiger charge is -2.35. The van der Waals surface area contributed by atoms with Gasteiger partial charge in [0.15, 0.2) is 17.3 Å². The highest BCUT2D eigenvalue weighted by molar-refractivity contribution is 7.99. The number of Topliss-reactive ketones (excluding diaryl/α,β-unsaturated/α-hetero) is 1. The van der Waals surface area contributed by atoms with E-state index in [2.05, 4.69) is 12.2 Å². The smallest absolute Gasteiger partial charge is 0.227 e. The SMILES string of the molecule is CCSc1nc2n(n1)C(c1ccc3c(c1)OCCO3)C1=C(CC(c3ccc(OC)cc3)CC1=O)N2. The van der Waals surface area contributed by atoms with Crippen LogP contribution in [0.1, 0.15) is 42.9 Å². The lowest BCUT2D eigenvalue weighted by atomic mass is 9.78. The third-order valence-corrected chi connectivity index (χ3v) is 7.36. The summed E-state index contributed by atoms with van der Waals surface area (Å²) in [5.74, 6) is 3.94. The molecule has 0 bridgehead atoms. The number of hydrogen-bond acceptors (Lipinski definition) is 8. The first kappa shape index (κ1) is 22.0. The van der Waals surface area contributed by atoms with Crippen molar-refractivity contribution in [2.75, 3.05) is 31.4 Å². The summed E-state index contributed by atoms with van der Waals surface area (Å²) in [6.07, 6.45) is 1.16. The Balaban J connectivity index is 1.42. The highest BCUT2D eigenvalue weighted by atomic mass is 32.2. The summed E-state index contributed by atoms with van der Waals surface area (Å²) in [5, 5.41) is 8.90. The molecule has 0 saturated carbocycles. The molecule has 2 unspecified atom stereocenters. The van der Waals surface area contributed by atoms with Crippen LogP contribution in [0.5, 0.6) is 17.2 Å². The highest BCUT2D eigenvalue weighted by Gasteiger charge is 2.40. The van der Waals surface area contributed by atoms with E-state index in [4.69, 9.17) is 24.3 Å². The Morgan fingerprint density at radius 1 is 1.09 bits per heavy atom. The number of anilines is 1. The monoisotopic (exact) mass is 490 g/mol. The molecule has 1 N–H and O–H groups in total. The number of allylic oxidation sites excluding steroid dienone is 2. The van der Waals surface area contributed by atoms with Gasteiger partial charge in [0, 0.05) is 17.7 Å². The molecule has 3 aliphatic rings. The zero-order valence-corrected chi connectivity index (χ0v) is 20.4. The van der Waals surface area contributed by atoms with E-state index in [1.807, 2.05) is 47.1 Å². The van der Waals surface area contributed by atoms with Gasteiger partial charge < -0.3 is 19.5 Å². The first-order valence-corrected chi connectivity index (χ1v) is 12.8. The van der Waals surface area contributed by atoms with Gasteiger partial charge in [-0.1, -0.05) is 36.9 Å².